The molecule has 7 aliphatic rings. The highest BCUT2D eigenvalue weighted by molar-refractivity contribution is 5.66. The predicted octanol–water partition coefficient (Wildman–Crippen LogP) is 3.47. The van der Waals surface area contributed by atoms with Crippen LogP contribution in [0.3, 0.4) is 0 Å². The molecule has 2 aliphatic heterocycles. The van der Waals surface area contributed by atoms with E-state index in [4.69, 9.17) is 18.9 Å². The second-order valence-electron chi connectivity index (χ2n) is 18.7. The molecule has 5 aliphatic carbocycles. The van der Waals surface area contributed by atoms with Crippen LogP contribution in [0.4, 0.5) is 0 Å². The second kappa shape index (κ2) is 10.6. The van der Waals surface area contributed by atoms with Gasteiger partial charge in [-0.2, -0.15) is 0 Å². The Labute approximate surface area is 279 Å². The van der Waals surface area contributed by atoms with E-state index in [1.807, 2.05) is 0 Å². The van der Waals surface area contributed by atoms with Crippen molar-refractivity contribution >= 4 is 5.97 Å². The molecule has 2 saturated heterocycles. The van der Waals surface area contributed by atoms with E-state index in [0.717, 1.165) is 51.4 Å². The Morgan fingerprint density at radius 1 is 0.830 bits per heavy atom. The molecule has 0 aromatic carbocycles. The van der Waals surface area contributed by atoms with Gasteiger partial charge in [0.1, 0.15) is 24.4 Å². The van der Waals surface area contributed by atoms with Crippen LogP contribution in [-0.2, 0) is 23.7 Å². The molecule has 10 heteroatoms. The van der Waals surface area contributed by atoms with Crippen LogP contribution in [0.15, 0.2) is 0 Å². The normalized spacial score (nSPS) is 56.6. The van der Waals surface area contributed by atoms with Crippen LogP contribution in [0, 0.1) is 44.8 Å². The molecule has 10 nitrogen and oxygen atoms in total. The molecule has 0 bridgehead atoms. The van der Waals surface area contributed by atoms with Gasteiger partial charge in [0.05, 0.1) is 36.1 Å². The Morgan fingerprint density at radius 3 is 2.13 bits per heavy atom. The van der Waals surface area contributed by atoms with Gasteiger partial charge < -0.3 is 44.5 Å². The average molecular weight is 665 g/mol. The van der Waals surface area contributed by atoms with Crippen LogP contribution >= 0.6 is 0 Å². The first-order valence-corrected chi connectivity index (χ1v) is 18.3. The summed E-state index contributed by atoms with van der Waals surface area (Å²) in [6.45, 7) is 16.2. The van der Waals surface area contributed by atoms with E-state index in [2.05, 4.69) is 34.6 Å². The van der Waals surface area contributed by atoms with Gasteiger partial charge in [-0.1, -0.05) is 27.7 Å². The van der Waals surface area contributed by atoms with Crippen molar-refractivity contribution in [3.63, 3.8) is 0 Å². The lowest BCUT2D eigenvalue weighted by molar-refractivity contribution is -0.303. The number of fused-ring (bicyclic) bond motifs is 2. The second-order valence-corrected chi connectivity index (χ2v) is 18.7. The van der Waals surface area contributed by atoms with E-state index in [1.54, 1.807) is 13.8 Å². The third-order valence-corrected chi connectivity index (χ3v) is 15.9. The lowest BCUT2D eigenvalue weighted by atomic mass is 9.41. The minimum atomic E-state index is -1.31. The van der Waals surface area contributed by atoms with Crippen molar-refractivity contribution in [2.24, 2.45) is 44.8 Å². The summed E-state index contributed by atoms with van der Waals surface area (Å²) in [5.41, 5.74) is -2.49. The van der Waals surface area contributed by atoms with E-state index in [1.165, 1.54) is 6.92 Å². The molecule has 268 valence electrons. The van der Waals surface area contributed by atoms with Gasteiger partial charge in [-0.15, -0.1) is 0 Å². The summed E-state index contributed by atoms with van der Waals surface area (Å²) < 4.78 is 25.1. The lowest BCUT2D eigenvalue weighted by Crippen LogP contribution is -2.62. The standard InChI is InChI=1S/C37H60O10/c1-19(38)45-29-27(42)28(34(7)13-11-24(47-34)32(4,5)43)33(6)15-16-37-18-36(37)14-12-23(46-30-26(41)25(40)20(39)17-44-30)31(2,3)21(36)9-10-22(37)35(29,33)8/h20-30,39-43H,9-18H2,1-8H3/t20-,21+,22+,23+,24-,25+,26-,27-,28+,29+,30+,33-,34+,35-,36-,37+/m1/s1. The van der Waals surface area contributed by atoms with Crippen LogP contribution in [-0.4, -0.2) is 98.3 Å². The van der Waals surface area contributed by atoms with Gasteiger partial charge in [0.25, 0.3) is 0 Å². The molecule has 0 unspecified atom stereocenters. The summed E-state index contributed by atoms with van der Waals surface area (Å²) in [5.74, 6) is 0.0227. The summed E-state index contributed by atoms with van der Waals surface area (Å²) in [6.07, 6.45) is 1.51. The van der Waals surface area contributed by atoms with Crippen molar-refractivity contribution in [1.82, 2.24) is 0 Å². The molecule has 5 saturated carbocycles. The lowest BCUT2D eigenvalue weighted by Gasteiger charge is -2.64. The molecular weight excluding hydrogens is 604 g/mol. The molecule has 2 heterocycles. The number of ether oxygens (including phenoxy) is 4. The Morgan fingerprint density at radius 2 is 1.49 bits per heavy atom. The van der Waals surface area contributed by atoms with Crippen LogP contribution in [0.5, 0.6) is 0 Å². The van der Waals surface area contributed by atoms with Gasteiger partial charge in [0.2, 0.25) is 0 Å². The van der Waals surface area contributed by atoms with Crippen LogP contribution in [0.2, 0.25) is 0 Å². The zero-order valence-corrected chi connectivity index (χ0v) is 29.7. The summed E-state index contributed by atoms with van der Waals surface area (Å²) in [6, 6.07) is 0. The van der Waals surface area contributed by atoms with Crippen molar-refractivity contribution in [3.05, 3.63) is 0 Å². The number of hydrogen-bond donors (Lipinski definition) is 5. The molecule has 16 atom stereocenters. The van der Waals surface area contributed by atoms with E-state index in [9.17, 15) is 30.3 Å². The fourth-order valence-electron chi connectivity index (χ4n) is 13.7. The first kappa shape index (κ1) is 34.6. The first-order valence-electron chi connectivity index (χ1n) is 18.3. The number of carbonyl (C=O) groups is 1. The summed E-state index contributed by atoms with van der Waals surface area (Å²) in [4.78, 5) is 12.7. The van der Waals surface area contributed by atoms with Gasteiger partial charge in [0.15, 0.2) is 6.29 Å². The van der Waals surface area contributed by atoms with Crippen molar-refractivity contribution in [1.29, 1.82) is 0 Å². The molecule has 0 radical (unpaired) electrons. The van der Waals surface area contributed by atoms with Crippen molar-refractivity contribution in [2.75, 3.05) is 6.61 Å². The molecule has 0 amide bonds. The number of esters is 1. The van der Waals surface area contributed by atoms with Gasteiger partial charge >= 0.3 is 5.97 Å². The highest BCUT2D eigenvalue weighted by Gasteiger charge is 2.85. The zero-order valence-electron chi connectivity index (χ0n) is 29.7. The van der Waals surface area contributed by atoms with Gasteiger partial charge in [-0.25, -0.2) is 0 Å². The number of hydrogen-bond acceptors (Lipinski definition) is 10. The minimum Gasteiger partial charge on any atom is -0.459 e. The third kappa shape index (κ3) is 4.47. The quantitative estimate of drug-likeness (QED) is 0.218. The largest absolute Gasteiger partial charge is 0.459 e. The maximum Gasteiger partial charge on any atom is 0.303 e. The van der Waals surface area contributed by atoms with Gasteiger partial charge in [0, 0.05) is 18.3 Å². The highest BCUT2D eigenvalue weighted by Crippen LogP contribution is 2.89. The molecule has 47 heavy (non-hydrogen) atoms. The molecule has 2 spiro atoms. The van der Waals surface area contributed by atoms with Gasteiger partial charge in [-0.3, -0.25) is 4.79 Å². The topological polar surface area (TPSA) is 155 Å². The molecule has 7 fully saturated rings. The van der Waals surface area contributed by atoms with Crippen LogP contribution in [0.1, 0.15) is 113 Å². The van der Waals surface area contributed by atoms with E-state index >= 15 is 0 Å². The van der Waals surface area contributed by atoms with E-state index in [-0.39, 0.29) is 58.3 Å². The first-order chi connectivity index (χ1) is 21.7. The maximum absolute atomic E-state index is 12.7. The fourth-order valence-corrected chi connectivity index (χ4v) is 13.7. The smallest absolute Gasteiger partial charge is 0.303 e. The highest BCUT2D eigenvalue weighted by atomic mass is 16.7. The molecule has 7 rings (SSSR count). The third-order valence-electron chi connectivity index (χ3n) is 15.9. The van der Waals surface area contributed by atoms with Crippen LogP contribution < -0.4 is 0 Å². The summed E-state index contributed by atoms with van der Waals surface area (Å²) in [7, 11) is 0. The Bertz CT molecular complexity index is 1270. The fraction of sp³-hybridized carbons (Fsp3) is 0.973. The number of aliphatic hydroxyl groups excluding tert-OH is 4. The Kier molecular flexibility index (Phi) is 7.80. The van der Waals surface area contributed by atoms with Gasteiger partial charge in [-0.05, 0) is 112 Å². The number of carbonyl (C=O) groups excluding carboxylic acids is 1. The Balaban J connectivity index is 1.19. The summed E-state index contributed by atoms with van der Waals surface area (Å²) >= 11 is 0. The SMILES string of the molecule is CC(=O)O[C@H]1[C@H](O)[C@H]([C@]2(C)CC[C@H](C(C)(C)O)O2)[C@@]2(C)CC[C@@]34C[C@@]35CC[C@H](O[C@@H]3OC[C@@H](O)[C@H](O)[C@H]3O)C(C)(C)[C@@H]5CC[C@H]4[C@]12C. The van der Waals surface area contributed by atoms with E-state index in [0.29, 0.717) is 12.3 Å². The Hall–Kier alpha value is -0.850. The molecule has 5 N–H and O–H groups in total. The molecule has 0 aromatic rings. The van der Waals surface area contributed by atoms with Crippen molar-refractivity contribution < 1.29 is 49.3 Å². The molecular formula is C37H60O10. The van der Waals surface area contributed by atoms with Crippen molar-refractivity contribution in [3.8, 4) is 0 Å². The number of rotatable bonds is 5. The monoisotopic (exact) mass is 664 g/mol. The predicted molar refractivity (Wildman–Crippen MR) is 171 cm³/mol. The molecule has 0 aromatic heterocycles. The number of aliphatic hydroxyl groups is 5. The zero-order chi connectivity index (χ0) is 34.3. The van der Waals surface area contributed by atoms with Crippen molar-refractivity contribution in [2.45, 2.75) is 173 Å². The average Bonchev–Trinajstić information content (AvgIpc) is 3.40. The minimum absolute atomic E-state index is 0.0770. The van der Waals surface area contributed by atoms with E-state index < -0.39 is 53.4 Å². The van der Waals surface area contributed by atoms with Crippen LogP contribution in [0.25, 0.3) is 0 Å². The summed E-state index contributed by atoms with van der Waals surface area (Å²) in [5, 5.41) is 54.0. The maximum atomic E-state index is 12.7.